The summed E-state index contributed by atoms with van der Waals surface area (Å²) in [6.45, 7) is 0. The van der Waals surface area contributed by atoms with Crippen LogP contribution in [0.3, 0.4) is 0 Å². The summed E-state index contributed by atoms with van der Waals surface area (Å²) in [5, 5.41) is 12.5. The van der Waals surface area contributed by atoms with Gasteiger partial charge in [0.1, 0.15) is 11.9 Å². The minimum Gasteiger partial charge on any atom is -0.480 e. The second kappa shape index (κ2) is 8.77. The molecule has 1 heterocycles. The van der Waals surface area contributed by atoms with E-state index in [0.29, 0.717) is 24.4 Å². The number of hydrogen-bond acceptors (Lipinski definition) is 4. The van der Waals surface area contributed by atoms with E-state index in [9.17, 15) is 14.7 Å². The molecule has 0 bridgehead atoms. The van der Waals surface area contributed by atoms with Crippen LogP contribution in [-0.2, 0) is 22.4 Å². The molecule has 2 N–H and O–H groups in total. The second-order valence-electron chi connectivity index (χ2n) is 6.36. The van der Waals surface area contributed by atoms with Crippen LogP contribution in [0.4, 0.5) is 5.69 Å². The Bertz CT molecular complexity index is 852. The fourth-order valence-corrected chi connectivity index (χ4v) is 3.39. The topological polar surface area (TPSA) is 69.6 Å². The van der Waals surface area contributed by atoms with E-state index in [-0.39, 0.29) is 12.3 Å². The van der Waals surface area contributed by atoms with E-state index < -0.39 is 12.0 Å². The second-order valence-corrected chi connectivity index (χ2v) is 6.81. The number of carboxylic acids is 1. The van der Waals surface area contributed by atoms with Gasteiger partial charge in [0.05, 0.1) is 12.1 Å². The third kappa shape index (κ3) is 4.52. The van der Waals surface area contributed by atoms with Crippen LogP contribution in [0.25, 0.3) is 0 Å². The van der Waals surface area contributed by atoms with E-state index in [1.54, 1.807) is 4.90 Å². The molecule has 1 aliphatic heterocycles. The minimum atomic E-state index is -0.959. The molecule has 0 aromatic heterocycles. The number of carbonyl (C=O) groups excluding carboxylic acids is 1. The molecule has 2 aromatic rings. The van der Waals surface area contributed by atoms with Gasteiger partial charge in [-0.3, -0.25) is 9.69 Å². The van der Waals surface area contributed by atoms with Gasteiger partial charge >= 0.3 is 5.97 Å². The number of benzene rings is 2. The highest BCUT2D eigenvalue weighted by Crippen LogP contribution is 2.29. The number of rotatable bonds is 7. The fraction of sp³-hybridized carbons (Fsp3) is 0.238. The average Bonchev–Trinajstić information content (AvgIpc) is 2.68. The standard InChI is InChI=1S/C21H22N2O3S/c24-20(14-15-6-2-1-3-7-15)23-18-9-5-4-8-16(18)10-11-19(23)22-17(12-13-27)21(25)26/h1-9,11,17,22,27H,10,12-14H2,(H,25,26)/t17-/m0/s1. The van der Waals surface area contributed by atoms with Crippen LogP contribution in [0.5, 0.6) is 0 Å². The van der Waals surface area contributed by atoms with Crippen LogP contribution in [0.2, 0.25) is 0 Å². The number of anilines is 1. The third-order valence-electron chi connectivity index (χ3n) is 4.47. The van der Waals surface area contributed by atoms with E-state index in [4.69, 9.17) is 0 Å². The van der Waals surface area contributed by atoms with E-state index in [2.05, 4.69) is 17.9 Å². The van der Waals surface area contributed by atoms with Gasteiger partial charge in [-0.25, -0.2) is 4.79 Å². The monoisotopic (exact) mass is 382 g/mol. The molecule has 1 amide bonds. The lowest BCUT2D eigenvalue weighted by molar-refractivity contribution is -0.139. The van der Waals surface area contributed by atoms with Crippen molar-refractivity contribution in [3.05, 3.63) is 77.6 Å². The zero-order valence-electron chi connectivity index (χ0n) is 14.8. The first-order valence-electron chi connectivity index (χ1n) is 8.85. The molecular weight excluding hydrogens is 360 g/mol. The van der Waals surface area contributed by atoms with Crippen molar-refractivity contribution in [2.75, 3.05) is 10.7 Å². The molecule has 0 spiro atoms. The number of carbonyl (C=O) groups is 2. The van der Waals surface area contributed by atoms with Gasteiger partial charge in [-0.15, -0.1) is 0 Å². The highest BCUT2D eigenvalue weighted by Gasteiger charge is 2.28. The molecule has 0 fully saturated rings. The lowest BCUT2D eigenvalue weighted by Crippen LogP contribution is -2.46. The van der Waals surface area contributed by atoms with E-state index in [1.165, 1.54) is 0 Å². The highest BCUT2D eigenvalue weighted by molar-refractivity contribution is 7.80. The van der Waals surface area contributed by atoms with Crippen molar-refractivity contribution in [3.63, 3.8) is 0 Å². The van der Waals surface area contributed by atoms with Crippen LogP contribution in [-0.4, -0.2) is 28.8 Å². The molecule has 1 atom stereocenters. The van der Waals surface area contributed by atoms with Crippen molar-refractivity contribution in [1.29, 1.82) is 0 Å². The van der Waals surface area contributed by atoms with Crippen LogP contribution < -0.4 is 10.2 Å². The summed E-state index contributed by atoms with van der Waals surface area (Å²) in [5.41, 5.74) is 2.74. The quantitative estimate of drug-likeness (QED) is 0.644. The van der Waals surface area contributed by atoms with Gasteiger partial charge in [-0.1, -0.05) is 48.5 Å². The highest BCUT2D eigenvalue weighted by atomic mass is 32.1. The molecule has 140 valence electrons. The summed E-state index contributed by atoms with van der Waals surface area (Å²) in [6.07, 6.45) is 3.11. The number of amides is 1. The first-order valence-corrected chi connectivity index (χ1v) is 9.48. The Balaban J connectivity index is 1.90. The molecular formula is C21H22N2O3S. The molecule has 0 saturated heterocycles. The number of allylic oxidation sites excluding steroid dienone is 1. The number of nitrogens with zero attached hydrogens (tertiary/aromatic N) is 1. The molecule has 0 aliphatic carbocycles. The minimum absolute atomic E-state index is 0.109. The number of thiol groups is 1. The Morgan fingerprint density at radius 2 is 1.81 bits per heavy atom. The van der Waals surface area contributed by atoms with Crippen molar-refractivity contribution >= 4 is 30.2 Å². The van der Waals surface area contributed by atoms with Crippen molar-refractivity contribution in [2.45, 2.75) is 25.3 Å². The van der Waals surface area contributed by atoms with Crippen LogP contribution in [0.1, 0.15) is 17.5 Å². The summed E-state index contributed by atoms with van der Waals surface area (Å²) < 4.78 is 0. The zero-order chi connectivity index (χ0) is 19.2. The Labute approximate surface area is 164 Å². The lowest BCUT2D eigenvalue weighted by atomic mass is 10.0. The van der Waals surface area contributed by atoms with Gasteiger partial charge in [0.15, 0.2) is 0 Å². The van der Waals surface area contributed by atoms with E-state index in [1.807, 2.05) is 60.7 Å². The van der Waals surface area contributed by atoms with Gasteiger partial charge < -0.3 is 10.4 Å². The lowest BCUT2D eigenvalue weighted by Gasteiger charge is -2.33. The molecule has 5 nitrogen and oxygen atoms in total. The Morgan fingerprint density at radius 1 is 1.11 bits per heavy atom. The molecule has 3 rings (SSSR count). The number of aliphatic carboxylic acids is 1. The summed E-state index contributed by atoms with van der Waals surface area (Å²) in [7, 11) is 0. The molecule has 0 saturated carbocycles. The average molecular weight is 382 g/mol. The molecule has 2 aromatic carbocycles. The third-order valence-corrected chi connectivity index (χ3v) is 4.73. The van der Waals surface area contributed by atoms with E-state index in [0.717, 1.165) is 16.8 Å². The first kappa shape index (κ1) is 19.0. The Morgan fingerprint density at radius 3 is 2.52 bits per heavy atom. The smallest absolute Gasteiger partial charge is 0.326 e. The maximum absolute atomic E-state index is 13.1. The molecule has 0 unspecified atom stereocenters. The van der Waals surface area contributed by atoms with Crippen molar-refractivity contribution < 1.29 is 14.7 Å². The molecule has 0 radical (unpaired) electrons. The van der Waals surface area contributed by atoms with Gasteiger partial charge in [0.2, 0.25) is 5.91 Å². The number of para-hydroxylation sites is 1. The maximum Gasteiger partial charge on any atom is 0.326 e. The fourth-order valence-electron chi connectivity index (χ4n) is 3.14. The van der Waals surface area contributed by atoms with Crippen molar-refractivity contribution in [1.82, 2.24) is 5.32 Å². The Kier molecular flexibility index (Phi) is 6.19. The van der Waals surface area contributed by atoms with Crippen molar-refractivity contribution in [2.24, 2.45) is 0 Å². The number of nitrogens with one attached hydrogen (secondary N) is 1. The summed E-state index contributed by atoms with van der Waals surface area (Å²) in [6, 6.07) is 16.4. The molecule has 6 heteroatoms. The Hall–Kier alpha value is -2.73. The van der Waals surface area contributed by atoms with Gasteiger partial charge in [-0.2, -0.15) is 12.6 Å². The zero-order valence-corrected chi connectivity index (χ0v) is 15.7. The van der Waals surface area contributed by atoms with Gasteiger partial charge in [0.25, 0.3) is 0 Å². The number of fused-ring (bicyclic) bond motifs is 1. The number of hydrogen-bond donors (Lipinski definition) is 3. The van der Waals surface area contributed by atoms with Crippen LogP contribution in [0, 0.1) is 0 Å². The number of carboxylic acid groups (broad SMARTS) is 1. The predicted octanol–water partition coefficient (Wildman–Crippen LogP) is 3.02. The summed E-state index contributed by atoms with van der Waals surface area (Å²) >= 11 is 4.14. The SMILES string of the molecule is O=C(O)[C@H](CCS)NC1=CCc2ccccc2N1C(=O)Cc1ccccc1. The van der Waals surface area contributed by atoms with Gasteiger partial charge in [0, 0.05) is 0 Å². The van der Waals surface area contributed by atoms with Crippen LogP contribution >= 0.6 is 12.6 Å². The normalized spacial score (nSPS) is 14.1. The van der Waals surface area contributed by atoms with Gasteiger partial charge in [-0.05, 0) is 41.9 Å². The van der Waals surface area contributed by atoms with Crippen molar-refractivity contribution in [3.8, 4) is 0 Å². The predicted molar refractivity (Wildman–Crippen MR) is 109 cm³/mol. The van der Waals surface area contributed by atoms with Crippen LogP contribution in [0.15, 0.2) is 66.5 Å². The van der Waals surface area contributed by atoms with E-state index >= 15 is 0 Å². The molecule has 1 aliphatic rings. The summed E-state index contributed by atoms with van der Waals surface area (Å²) in [5.74, 6) is -0.114. The summed E-state index contributed by atoms with van der Waals surface area (Å²) in [4.78, 5) is 26.3. The first-order chi connectivity index (χ1) is 13.1. The maximum atomic E-state index is 13.1. The largest absolute Gasteiger partial charge is 0.480 e. The molecule has 27 heavy (non-hydrogen) atoms.